The zero-order chi connectivity index (χ0) is 12.1. The highest BCUT2D eigenvalue weighted by molar-refractivity contribution is 7.92. The molecule has 0 fully saturated rings. The van der Waals surface area contributed by atoms with Gasteiger partial charge < -0.3 is 9.47 Å². The second-order valence-corrected chi connectivity index (χ2v) is 5.30. The Labute approximate surface area is 88.5 Å². The van der Waals surface area contributed by atoms with Crippen molar-refractivity contribution in [2.24, 2.45) is 0 Å². The first kappa shape index (κ1) is 13.9. The number of hydrogen-bond acceptors (Lipinski definition) is 6. The van der Waals surface area contributed by atoms with Crippen LogP contribution in [0.15, 0.2) is 0 Å². The lowest BCUT2D eigenvalue weighted by Gasteiger charge is -2.09. The van der Waals surface area contributed by atoms with Gasteiger partial charge in [0.05, 0.1) is 26.4 Å². The van der Waals surface area contributed by atoms with Crippen LogP contribution >= 0.6 is 0 Å². The molecule has 0 aliphatic rings. The number of carbonyl (C=O) groups is 2. The Balaban J connectivity index is 4.43. The summed E-state index contributed by atoms with van der Waals surface area (Å²) < 4.78 is 31.5. The van der Waals surface area contributed by atoms with Crippen LogP contribution in [0.2, 0.25) is 0 Å². The summed E-state index contributed by atoms with van der Waals surface area (Å²) in [4.78, 5) is 21.7. The Morgan fingerprint density at radius 3 is 2.13 bits per heavy atom. The predicted octanol–water partition coefficient (Wildman–Crippen LogP) is -0.474. The van der Waals surface area contributed by atoms with Crippen LogP contribution in [0.1, 0.15) is 13.3 Å². The highest BCUT2D eigenvalue weighted by atomic mass is 32.2. The summed E-state index contributed by atoms with van der Waals surface area (Å²) in [5.41, 5.74) is 0. The molecule has 7 heteroatoms. The summed E-state index contributed by atoms with van der Waals surface area (Å²) in [6, 6.07) is 0. The molecular formula is C8H14O6S. The third kappa shape index (κ3) is 4.28. The first-order valence-electron chi connectivity index (χ1n) is 4.21. The molecule has 0 heterocycles. The van der Waals surface area contributed by atoms with Gasteiger partial charge in [-0.15, -0.1) is 0 Å². The topological polar surface area (TPSA) is 86.7 Å². The second-order valence-electron chi connectivity index (χ2n) is 2.86. The Kier molecular flexibility index (Phi) is 5.27. The maximum Gasteiger partial charge on any atom is 0.323 e. The molecule has 0 saturated heterocycles. The number of sulfone groups is 1. The van der Waals surface area contributed by atoms with Gasteiger partial charge >= 0.3 is 11.9 Å². The van der Waals surface area contributed by atoms with Gasteiger partial charge in [-0.2, -0.15) is 0 Å². The van der Waals surface area contributed by atoms with Crippen LogP contribution in [0.5, 0.6) is 0 Å². The fourth-order valence-electron chi connectivity index (χ4n) is 0.817. The van der Waals surface area contributed by atoms with Gasteiger partial charge in [0.15, 0.2) is 15.1 Å². The average Bonchev–Trinajstić information content (AvgIpc) is 2.23. The van der Waals surface area contributed by atoms with Gasteiger partial charge in [-0.25, -0.2) is 8.42 Å². The Hall–Kier alpha value is -1.11. The molecule has 0 rings (SSSR count). The quantitative estimate of drug-likeness (QED) is 0.601. The van der Waals surface area contributed by atoms with Crippen molar-refractivity contribution >= 4 is 21.8 Å². The monoisotopic (exact) mass is 238 g/mol. The maximum absolute atomic E-state index is 11.4. The van der Waals surface area contributed by atoms with Crippen molar-refractivity contribution < 1.29 is 27.5 Å². The molecule has 0 bridgehead atoms. The molecule has 88 valence electrons. The van der Waals surface area contributed by atoms with E-state index in [2.05, 4.69) is 9.47 Å². The standard InChI is InChI=1S/C8H14O6S/c1-6(8(10)14-3)15(11,12)5-4-7(9)13-2/h6H,4-5H2,1-3H3. The summed E-state index contributed by atoms with van der Waals surface area (Å²) in [7, 11) is -1.38. The third-order valence-corrected chi connectivity index (χ3v) is 3.93. The summed E-state index contributed by atoms with van der Waals surface area (Å²) in [5, 5.41) is -1.26. The Bertz CT molecular complexity index is 331. The molecule has 0 spiro atoms. The van der Waals surface area contributed by atoms with Gasteiger partial charge in [0, 0.05) is 0 Å². The van der Waals surface area contributed by atoms with E-state index in [0.29, 0.717) is 0 Å². The fourth-order valence-corrected chi connectivity index (χ4v) is 2.01. The van der Waals surface area contributed by atoms with Gasteiger partial charge in [-0.1, -0.05) is 0 Å². The van der Waals surface area contributed by atoms with Crippen molar-refractivity contribution in [1.29, 1.82) is 0 Å². The highest BCUT2D eigenvalue weighted by Crippen LogP contribution is 2.06. The van der Waals surface area contributed by atoms with E-state index in [1.54, 1.807) is 0 Å². The number of ether oxygens (including phenoxy) is 2. The van der Waals surface area contributed by atoms with Gasteiger partial charge in [0.2, 0.25) is 0 Å². The van der Waals surface area contributed by atoms with Crippen molar-refractivity contribution in [2.75, 3.05) is 20.0 Å². The Morgan fingerprint density at radius 2 is 1.73 bits per heavy atom. The van der Waals surface area contributed by atoms with Gasteiger partial charge in [0.25, 0.3) is 0 Å². The zero-order valence-corrected chi connectivity index (χ0v) is 9.67. The fraction of sp³-hybridized carbons (Fsp3) is 0.750. The third-order valence-electron chi connectivity index (χ3n) is 1.89. The van der Waals surface area contributed by atoms with Crippen molar-refractivity contribution in [3.63, 3.8) is 0 Å². The molecule has 0 aliphatic heterocycles. The predicted molar refractivity (Wildman–Crippen MR) is 51.9 cm³/mol. The summed E-state index contributed by atoms with van der Waals surface area (Å²) >= 11 is 0. The van der Waals surface area contributed by atoms with E-state index in [4.69, 9.17) is 0 Å². The lowest BCUT2D eigenvalue weighted by molar-refractivity contribution is -0.141. The first-order valence-corrected chi connectivity index (χ1v) is 5.93. The smallest absolute Gasteiger partial charge is 0.323 e. The molecule has 1 atom stereocenters. The van der Waals surface area contributed by atoms with E-state index >= 15 is 0 Å². The van der Waals surface area contributed by atoms with Gasteiger partial charge in [-0.3, -0.25) is 9.59 Å². The maximum atomic E-state index is 11.4. The molecule has 0 saturated carbocycles. The minimum absolute atomic E-state index is 0.264. The van der Waals surface area contributed by atoms with Crippen LogP contribution in [0.4, 0.5) is 0 Å². The zero-order valence-electron chi connectivity index (χ0n) is 8.85. The van der Waals surface area contributed by atoms with Crippen molar-refractivity contribution in [2.45, 2.75) is 18.6 Å². The summed E-state index contributed by atoms with van der Waals surface area (Å²) in [6.07, 6.45) is -0.264. The van der Waals surface area contributed by atoms with Crippen molar-refractivity contribution in [1.82, 2.24) is 0 Å². The van der Waals surface area contributed by atoms with Crippen LogP contribution < -0.4 is 0 Å². The van der Waals surface area contributed by atoms with Crippen LogP contribution in [-0.4, -0.2) is 45.6 Å². The largest absolute Gasteiger partial charge is 0.469 e. The van der Waals surface area contributed by atoms with E-state index in [0.717, 1.165) is 7.11 Å². The van der Waals surface area contributed by atoms with E-state index in [-0.39, 0.29) is 6.42 Å². The molecule has 0 aliphatic carbocycles. The summed E-state index contributed by atoms with van der Waals surface area (Å²) in [6.45, 7) is 1.22. The number of esters is 2. The lowest BCUT2D eigenvalue weighted by Crippen LogP contribution is -2.31. The minimum atomic E-state index is -3.65. The first-order chi connectivity index (χ1) is 6.85. The molecule has 0 aromatic carbocycles. The van der Waals surface area contributed by atoms with Gasteiger partial charge in [0.1, 0.15) is 0 Å². The molecule has 0 aromatic heterocycles. The number of hydrogen-bond donors (Lipinski definition) is 0. The molecular weight excluding hydrogens is 224 g/mol. The second kappa shape index (κ2) is 5.69. The SMILES string of the molecule is COC(=O)CCS(=O)(=O)C(C)C(=O)OC. The lowest BCUT2D eigenvalue weighted by atomic mass is 10.5. The van der Waals surface area contributed by atoms with Crippen molar-refractivity contribution in [3.05, 3.63) is 0 Å². The van der Waals surface area contributed by atoms with Crippen LogP contribution in [0, 0.1) is 0 Å². The van der Waals surface area contributed by atoms with Gasteiger partial charge in [-0.05, 0) is 6.92 Å². The number of carbonyl (C=O) groups excluding carboxylic acids is 2. The molecule has 1 unspecified atom stereocenters. The molecule has 6 nitrogen and oxygen atoms in total. The summed E-state index contributed by atoms with van der Waals surface area (Å²) in [5.74, 6) is -1.88. The van der Waals surface area contributed by atoms with E-state index in [1.807, 2.05) is 0 Å². The molecule has 15 heavy (non-hydrogen) atoms. The minimum Gasteiger partial charge on any atom is -0.469 e. The van der Waals surface area contributed by atoms with E-state index < -0.39 is 32.8 Å². The molecule has 0 amide bonds. The molecule has 0 N–H and O–H groups in total. The number of rotatable bonds is 5. The highest BCUT2D eigenvalue weighted by Gasteiger charge is 2.29. The average molecular weight is 238 g/mol. The number of methoxy groups -OCH3 is 2. The van der Waals surface area contributed by atoms with Crippen LogP contribution in [0.25, 0.3) is 0 Å². The van der Waals surface area contributed by atoms with E-state index in [9.17, 15) is 18.0 Å². The Morgan fingerprint density at radius 1 is 1.20 bits per heavy atom. The van der Waals surface area contributed by atoms with E-state index in [1.165, 1.54) is 14.0 Å². The van der Waals surface area contributed by atoms with Crippen molar-refractivity contribution in [3.8, 4) is 0 Å². The van der Waals surface area contributed by atoms with Crippen LogP contribution in [-0.2, 0) is 28.9 Å². The normalized spacial score (nSPS) is 13.0. The molecule has 0 aromatic rings. The molecule has 0 radical (unpaired) electrons. The van der Waals surface area contributed by atoms with Crippen LogP contribution in [0.3, 0.4) is 0 Å².